The average molecular weight is 205 g/mol. The zero-order valence-electron chi connectivity index (χ0n) is 5.93. The van der Waals surface area contributed by atoms with Gasteiger partial charge in [0.15, 0.2) is 5.78 Å². The van der Waals surface area contributed by atoms with E-state index in [0.29, 0.717) is 5.70 Å². The molecule has 12 heavy (non-hydrogen) atoms. The second-order valence-electron chi connectivity index (χ2n) is 2.02. The summed E-state index contributed by atoms with van der Waals surface area (Å²) in [6.07, 6.45) is 6.08. The standard InChI is InChI=1S/C7H4N2O.2ClH/c10-5-1-2-6-7(3-5)9-4-8-6;;/h1-4H;2*1H. The monoisotopic (exact) mass is 204 g/mol. The van der Waals surface area contributed by atoms with Crippen LogP contribution >= 0.6 is 24.8 Å². The Balaban J connectivity index is 0.000000605. The molecule has 1 aliphatic carbocycles. The van der Waals surface area contributed by atoms with E-state index in [2.05, 4.69) is 9.98 Å². The number of fused-ring (bicyclic) bond motifs is 1. The Morgan fingerprint density at radius 3 is 2.67 bits per heavy atom. The van der Waals surface area contributed by atoms with Crippen LogP contribution in [0.15, 0.2) is 33.9 Å². The zero-order chi connectivity index (χ0) is 6.97. The molecule has 5 heteroatoms. The Morgan fingerprint density at radius 2 is 1.92 bits per heavy atom. The third-order valence-corrected chi connectivity index (χ3v) is 1.34. The number of carbonyl (C=O) groups is 1. The molecule has 64 valence electrons. The topological polar surface area (TPSA) is 41.8 Å². The maximum atomic E-state index is 10.7. The minimum atomic E-state index is -0.0204. The van der Waals surface area contributed by atoms with E-state index in [1.807, 2.05) is 0 Å². The van der Waals surface area contributed by atoms with Crippen molar-refractivity contribution < 1.29 is 4.79 Å². The van der Waals surface area contributed by atoms with Crippen LogP contribution in [0.2, 0.25) is 0 Å². The van der Waals surface area contributed by atoms with Crippen molar-refractivity contribution >= 4 is 42.6 Å². The summed E-state index contributed by atoms with van der Waals surface area (Å²) in [5, 5.41) is 0. The van der Waals surface area contributed by atoms with Gasteiger partial charge < -0.3 is 0 Å². The van der Waals surface area contributed by atoms with Crippen LogP contribution in [0.4, 0.5) is 0 Å². The summed E-state index contributed by atoms with van der Waals surface area (Å²) in [4.78, 5) is 18.5. The highest BCUT2D eigenvalue weighted by atomic mass is 35.5. The summed E-state index contributed by atoms with van der Waals surface area (Å²) in [7, 11) is 0. The van der Waals surface area contributed by atoms with Crippen LogP contribution in [0.5, 0.6) is 0 Å². The van der Waals surface area contributed by atoms with Gasteiger partial charge in [0.1, 0.15) is 6.34 Å². The molecular weight excluding hydrogens is 199 g/mol. The third kappa shape index (κ3) is 1.81. The van der Waals surface area contributed by atoms with Crippen LogP contribution in [-0.2, 0) is 4.79 Å². The van der Waals surface area contributed by atoms with E-state index >= 15 is 0 Å². The maximum Gasteiger partial charge on any atom is 0.180 e. The largest absolute Gasteiger partial charge is 0.290 e. The molecular formula is C7H6Cl2N2O. The lowest BCUT2D eigenvalue weighted by molar-refractivity contribution is -0.110. The van der Waals surface area contributed by atoms with Crippen molar-refractivity contribution in [1.82, 2.24) is 0 Å². The predicted molar refractivity (Wildman–Crippen MR) is 52.7 cm³/mol. The number of aliphatic imine (C=N–C) groups is 2. The molecule has 0 aromatic carbocycles. The first-order chi connectivity index (χ1) is 4.86. The second-order valence-corrected chi connectivity index (χ2v) is 2.02. The molecule has 0 saturated carbocycles. The molecule has 0 spiro atoms. The van der Waals surface area contributed by atoms with Crippen molar-refractivity contribution in [1.29, 1.82) is 0 Å². The Labute approximate surface area is 81.8 Å². The van der Waals surface area contributed by atoms with Crippen molar-refractivity contribution in [3.8, 4) is 0 Å². The average Bonchev–Trinajstić information content (AvgIpc) is 2.33. The normalized spacial score (nSPS) is 17.2. The van der Waals surface area contributed by atoms with Crippen LogP contribution in [0, 0.1) is 0 Å². The molecule has 2 aliphatic rings. The molecule has 0 N–H and O–H groups in total. The lowest BCUT2D eigenvalue weighted by Crippen LogP contribution is -2.02. The third-order valence-electron chi connectivity index (χ3n) is 1.34. The fraction of sp³-hybridized carbons (Fsp3) is 0. The molecule has 0 radical (unpaired) electrons. The van der Waals surface area contributed by atoms with E-state index < -0.39 is 0 Å². The smallest absolute Gasteiger partial charge is 0.180 e. The number of halogens is 2. The highest BCUT2D eigenvalue weighted by molar-refractivity contribution is 6.23. The van der Waals surface area contributed by atoms with E-state index in [0.717, 1.165) is 5.71 Å². The predicted octanol–water partition coefficient (Wildman–Crippen LogP) is 1.34. The van der Waals surface area contributed by atoms with E-state index in [4.69, 9.17) is 0 Å². The fourth-order valence-electron chi connectivity index (χ4n) is 0.869. The Bertz CT molecular complexity index is 315. The molecule has 0 amide bonds. The van der Waals surface area contributed by atoms with Crippen molar-refractivity contribution in [2.24, 2.45) is 9.98 Å². The van der Waals surface area contributed by atoms with Gasteiger partial charge in [-0.1, -0.05) is 0 Å². The van der Waals surface area contributed by atoms with Gasteiger partial charge in [0, 0.05) is 6.08 Å². The molecule has 0 unspecified atom stereocenters. The lowest BCUT2D eigenvalue weighted by atomic mass is 10.1. The maximum absolute atomic E-state index is 10.7. The number of nitrogens with zero attached hydrogens (tertiary/aromatic N) is 2. The van der Waals surface area contributed by atoms with Gasteiger partial charge in [-0.05, 0) is 12.2 Å². The number of rotatable bonds is 0. The second kappa shape index (κ2) is 4.18. The van der Waals surface area contributed by atoms with Gasteiger partial charge in [0.2, 0.25) is 0 Å². The number of ketones is 1. The molecule has 0 aromatic heterocycles. The minimum absolute atomic E-state index is 0. The minimum Gasteiger partial charge on any atom is -0.290 e. The number of allylic oxidation sites excluding steroid dienone is 3. The van der Waals surface area contributed by atoms with E-state index in [-0.39, 0.29) is 30.6 Å². The Hall–Kier alpha value is -0.930. The summed E-state index contributed by atoms with van der Waals surface area (Å²) < 4.78 is 0. The van der Waals surface area contributed by atoms with Gasteiger partial charge in [0.05, 0.1) is 11.4 Å². The van der Waals surface area contributed by atoms with Crippen molar-refractivity contribution in [2.75, 3.05) is 0 Å². The molecule has 0 fully saturated rings. The summed E-state index contributed by atoms with van der Waals surface area (Å²) in [6, 6.07) is 0. The molecule has 0 atom stereocenters. The van der Waals surface area contributed by atoms with Gasteiger partial charge in [-0.2, -0.15) is 0 Å². The summed E-state index contributed by atoms with van der Waals surface area (Å²) >= 11 is 0. The molecule has 0 saturated heterocycles. The van der Waals surface area contributed by atoms with Gasteiger partial charge in [-0.3, -0.25) is 4.79 Å². The zero-order valence-corrected chi connectivity index (χ0v) is 7.56. The molecule has 1 heterocycles. The van der Waals surface area contributed by atoms with Gasteiger partial charge >= 0.3 is 0 Å². The Morgan fingerprint density at radius 1 is 1.17 bits per heavy atom. The fourth-order valence-corrected chi connectivity index (χ4v) is 0.869. The number of carbonyl (C=O) groups excluding carboxylic acids is 1. The quantitative estimate of drug-likeness (QED) is 0.550. The van der Waals surface area contributed by atoms with E-state index in [9.17, 15) is 4.79 Å². The van der Waals surface area contributed by atoms with Crippen LogP contribution in [0.3, 0.4) is 0 Å². The molecule has 0 aromatic rings. The first-order valence-corrected chi connectivity index (χ1v) is 2.91. The van der Waals surface area contributed by atoms with Gasteiger partial charge in [-0.15, -0.1) is 24.8 Å². The highest BCUT2D eigenvalue weighted by Crippen LogP contribution is 2.11. The van der Waals surface area contributed by atoms with Gasteiger partial charge in [-0.25, -0.2) is 9.98 Å². The molecule has 1 aliphatic heterocycles. The number of hydrogen-bond acceptors (Lipinski definition) is 3. The summed E-state index contributed by atoms with van der Waals surface area (Å²) in [5.74, 6) is -0.0204. The van der Waals surface area contributed by atoms with Crippen LogP contribution in [0.1, 0.15) is 0 Å². The van der Waals surface area contributed by atoms with E-state index in [1.165, 1.54) is 18.5 Å². The molecule has 3 nitrogen and oxygen atoms in total. The van der Waals surface area contributed by atoms with Crippen molar-refractivity contribution in [3.63, 3.8) is 0 Å². The van der Waals surface area contributed by atoms with Gasteiger partial charge in [0.25, 0.3) is 0 Å². The van der Waals surface area contributed by atoms with Crippen LogP contribution in [0.25, 0.3) is 0 Å². The van der Waals surface area contributed by atoms with Crippen LogP contribution in [-0.4, -0.2) is 17.8 Å². The summed E-state index contributed by atoms with van der Waals surface area (Å²) in [6.45, 7) is 0. The first kappa shape index (κ1) is 11.1. The Kier molecular flexibility index (Phi) is 3.86. The van der Waals surface area contributed by atoms with Crippen molar-refractivity contribution in [2.45, 2.75) is 0 Å². The SMILES string of the molecule is Cl.Cl.O=C1C=CC2=NC=NC2=C1. The lowest BCUT2D eigenvalue weighted by Gasteiger charge is -1.97. The van der Waals surface area contributed by atoms with Crippen molar-refractivity contribution in [3.05, 3.63) is 23.9 Å². The van der Waals surface area contributed by atoms with E-state index in [1.54, 1.807) is 6.08 Å². The summed E-state index contributed by atoms with van der Waals surface area (Å²) in [5.41, 5.74) is 1.45. The highest BCUT2D eigenvalue weighted by Gasteiger charge is 2.12. The molecule has 0 bridgehead atoms. The molecule has 2 rings (SSSR count). The first-order valence-electron chi connectivity index (χ1n) is 2.91. The number of hydrogen-bond donors (Lipinski definition) is 0. The van der Waals surface area contributed by atoms with Crippen LogP contribution < -0.4 is 0 Å².